The van der Waals surface area contributed by atoms with Gasteiger partial charge in [0.25, 0.3) is 5.56 Å². The standard InChI is InChI=1S/C20H32N4O5.C18H24N4O4.2CH4/c1-6-28-17(25)13-21-15-7-8-16(27-5)23-18(15)22-14-9-11-24(12-10-14)19(26)29-20(2,3)4;1-18(2,3)26-17(25)21-8-6-13(7-9-21)22-15(24)10-19-14-5-4-12(11-23)20-16(14)22;;/h7-8,14,21H,6,9-13H2,1-5H3,(H,22,23);4-5,10,13,23H,6-9,11H2,1-3H3;2*1H4. The van der Waals surface area contributed by atoms with Crippen molar-refractivity contribution in [1.29, 1.82) is 0 Å². The van der Waals surface area contributed by atoms with Gasteiger partial charge in [-0.2, -0.15) is 4.98 Å². The van der Waals surface area contributed by atoms with E-state index in [2.05, 4.69) is 25.6 Å². The molecule has 3 aromatic heterocycles. The van der Waals surface area contributed by atoms with Crippen LogP contribution in [0.15, 0.2) is 35.3 Å². The normalized spacial score (nSPS) is 14.9. The lowest BCUT2D eigenvalue weighted by Gasteiger charge is -2.34. The number of nitrogens with zero attached hydrogens (tertiary/aromatic N) is 6. The van der Waals surface area contributed by atoms with Crippen LogP contribution < -0.4 is 20.9 Å². The summed E-state index contributed by atoms with van der Waals surface area (Å²) in [5.41, 5.74) is 0.998. The van der Waals surface area contributed by atoms with Crippen molar-refractivity contribution in [3.8, 4) is 5.88 Å². The number of esters is 1. The van der Waals surface area contributed by atoms with Crippen molar-refractivity contribution in [2.45, 2.75) is 119 Å². The summed E-state index contributed by atoms with van der Waals surface area (Å²) in [5, 5.41) is 15.8. The second-order valence-electron chi connectivity index (χ2n) is 15.3. The number of rotatable bonds is 9. The lowest BCUT2D eigenvalue weighted by molar-refractivity contribution is -0.140. The number of ether oxygens (including phenoxy) is 4. The number of fused-ring (bicyclic) bond motifs is 1. The van der Waals surface area contributed by atoms with Crippen molar-refractivity contribution in [3.05, 3.63) is 46.5 Å². The van der Waals surface area contributed by atoms with Gasteiger partial charge in [-0.1, -0.05) is 14.9 Å². The SMILES string of the molecule is C.C.CC(C)(C)OC(=O)N1CCC(n2c(=O)cnc3ccc(CO)nc32)CC1.CCOC(=O)CNc1ccc(OC)nc1NC1CCN(C(=O)OC(C)(C)C)CC1. The molecule has 17 heteroatoms. The molecule has 0 radical (unpaired) electrons. The largest absolute Gasteiger partial charge is 0.481 e. The van der Waals surface area contributed by atoms with E-state index in [1.165, 1.54) is 6.20 Å². The summed E-state index contributed by atoms with van der Waals surface area (Å²) in [6.07, 6.45) is 3.45. The first-order valence-electron chi connectivity index (χ1n) is 18.6. The Morgan fingerprint density at radius 2 is 1.44 bits per heavy atom. The van der Waals surface area contributed by atoms with Gasteiger partial charge in [-0.3, -0.25) is 14.2 Å². The van der Waals surface area contributed by atoms with E-state index in [1.54, 1.807) is 46.6 Å². The van der Waals surface area contributed by atoms with E-state index < -0.39 is 11.2 Å². The number of aliphatic hydroxyl groups is 1. The molecule has 2 saturated heterocycles. The van der Waals surface area contributed by atoms with E-state index >= 15 is 0 Å². The zero-order valence-corrected chi connectivity index (χ0v) is 33.2. The number of nitrogens with one attached hydrogen (secondary N) is 2. The Hall–Kier alpha value is -5.19. The van der Waals surface area contributed by atoms with Crippen LogP contribution in [0.4, 0.5) is 21.1 Å². The molecule has 2 fully saturated rings. The van der Waals surface area contributed by atoms with Crippen molar-refractivity contribution in [1.82, 2.24) is 29.3 Å². The van der Waals surface area contributed by atoms with Crippen molar-refractivity contribution >= 4 is 40.8 Å². The van der Waals surface area contributed by atoms with Crippen LogP contribution in [0.5, 0.6) is 5.88 Å². The molecule has 0 saturated carbocycles. The molecule has 0 spiro atoms. The molecule has 5 heterocycles. The highest BCUT2D eigenvalue weighted by molar-refractivity contribution is 5.77. The molecule has 57 heavy (non-hydrogen) atoms. The van der Waals surface area contributed by atoms with Gasteiger partial charge in [-0.25, -0.2) is 19.6 Å². The number of amides is 2. The average molecular weight is 801 g/mol. The number of piperidine rings is 2. The second kappa shape index (κ2) is 21.4. The molecule has 17 nitrogen and oxygen atoms in total. The van der Waals surface area contributed by atoms with E-state index in [4.69, 9.17) is 18.9 Å². The number of aliphatic hydroxyl groups excluding tert-OH is 1. The van der Waals surface area contributed by atoms with E-state index in [0.29, 0.717) is 79.9 Å². The molecule has 0 aromatic carbocycles. The van der Waals surface area contributed by atoms with Crippen molar-refractivity contribution in [2.75, 3.05) is 57.1 Å². The van der Waals surface area contributed by atoms with Gasteiger partial charge in [-0.15, -0.1) is 0 Å². The number of methoxy groups -OCH3 is 1. The zero-order valence-electron chi connectivity index (χ0n) is 33.2. The number of pyridine rings is 2. The highest BCUT2D eigenvalue weighted by Crippen LogP contribution is 2.27. The third kappa shape index (κ3) is 14.4. The maximum Gasteiger partial charge on any atom is 0.410 e. The van der Waals surface area contributed by atoms with E-state index in [9.17, 15) is 24.3 Å². The van der Waals surface area contributed by atoms with Crippen LogP contribution in [0, 0.1) is 0 Å². The summed E-state index contributed by atoms with van der Waals surface area (Å²) in [5.74, 6) is 0.740. The summed E-state index contributed by atoms with van der Waals surface area (Å²) < 4.78 is 22.7. The van der Waals surface area contributed by atoms with Crippen molar-refractivity contribution < 1.29 is 38.4 Å². The Balaban J connectivity index is 0.000000382. The Morgan fingerprint density at radius 1 is 0.860 bits per heavy atom. The number of hydrogen-bond acceptors (Lipinski definition) is 14. The average Bonchev–Trinajstić information content (AvgIpc) is 3.13. The predicted molar refractivity (Wildman–Crippen MR) is 220 cm³/mol. The Kier molecular flexibility index (Phi) is 18.0. The number of anilines is 2. The third-order valence-electron chi connectivity index (χ3n) is 8.63. The molecule has 3 aromatic rings. The van der Waals surface area contributed by atoms with Gasteiger partial charge in [-0.05, 0) is 92.3 Å². The highest BCUT2D eigenvalue weighted by Gasteiger charge is 2.30. The summed E-state index contributed by atoms with van der Waals surface area (Å²) in [7, 11) is 1.55. The van der Waals surface area contributed by atoms with Crippen LogP contribution in [0.1, 0.15) is 101 Å². The fourth-order valence-corrected chi connectivity index (χ4v) is 6.04. The topological polar surface area (TPSA) is 200 Å². The third-order valence-corrected chi connectivity index (χ3v) is 8.63. The molecule has 0 unspecified atom stereocenters. The molecule has 2 amide bonds. The van der Waals surface area contributed by atoms with Crippen LogP contribution in [-0.4, -0.2) is 116 Å². The highest BCUT2D eigenvalue weighted by atomic mass is 16.6. The number of hydrogen-bond donors (Lipinski definition) is 3. The van der Waals surface area contributed by atoms with Gasteiger partial charge in [0.05, 0.1) is 37.9 Å². The van der Waals surface area contributed by atoms with Gasteiger partial charge in [0, 0.05) is 44.3 Å². The van der Waals surface area contributed by atoms with Crippen molar-refractivity contribution in [3.63, 3.8) is 0 Å². The second-order valence-corrected chi connectivity index (χ2v) is 15.3. The van der Waals surface area contributed by atoms with Gasteiger partial charge < -0.3 is 44.5 Å². The van der Waals surface area contributed by atoms with Gasteiger partial charge in [0.1, 0.15) is 23.3 Å². The molecular formula is C40H64N8O9. The van der Waals surface area contributed by atoms with Crippen LogP contribution in [0.25, 0.3) is 11.2 Å². The van der Waals surface area contributed by atoms with Crippen LogP contribution in [0.3, 0.4) is 0 Å². The van der Waals surface area contributed by atoms with Crippen LogP contribution >= 0.6 is 0 Å². The minimum atomic E-state index is -0.531. The fourth-order valence-electron chi connectivity index (χ4n) is 6.04. The smallest absolute Gasteiger partial charge is 0.410 e. The molecule has 2 aliphatic heterocycles. The number of carbonyl (C=O) groups excluding carboxylic acids is 3. The quantitative estimate of drug-likeness (QED) is 0.168. The van der Waals surface area contributed by atoms with E-state index in [0.717, 1.165) is 12.8 Å². The Morgan fingerprint density at radius 3 is 1.96 bits per heavy atom. The lowest BCUT2D eigenvalue weighted by atomic mass is 10.0. The lowest BCUT2D eigenvalue weighted by Crippen LogP contribution is -2.44. The predicted octanol–water partition coefficient (Wildman–Crippen LogP) is 6.00. The van der Waals surface area contributed by atoms with E-state index in [1.807, 2.05) is 47.6 Å². The molecule has 5 rings (SSSR count). The summed E-state index contributed by atoms with van der Waals surface area (Å²) >= 11 is 0. The Labute approximate surface area is 336 Å². The number of aromatic nitrogens is 4. The van der Waals surface area contributed by atoms with Crippen LogP contribution in [0.2, 0.25) is 0 Å². The molecule has 0 bridgehead atoms. The van der Waals surface area contributed by atoms with Crippen LogP contribution in [-0.2, 0) is 25.6 Å². The van der Waals surface area contributed by atoms with Gasteiger partial charge in [0.2, 0.25) is 5.88 Å². The first-order chi connectivity index (χ1) is 26.0. The molecule has 0 aliphatic carbocycles. The Bertz CT molecular complexity index is 1820. The fraction of sp³-hybridized carbons (Fsp3) is 0.625. The molecule has 3 N–H and O–H groups in total. The van der Waals surface area contributed by atoms with Gasteiger partial charge in [0.15, 0.2) is 11.5 Å². The zero-order chi connectivity index (χ0) is 40.3. The molecule has 2 aliphatic rings. The summed E-state index contributed by atoms with van der Waals surface area (Å²) in [4.78, 5) is 64.9. The summed E-state index contributed by atoms with van der Waals surface area (Å²) in [6, 6.07) is 7.03. The summed E-state index contributed by atoms with van der Waals surface area (Å²) in [6.45, 7) is 15.3. The van der Waals surface area contributed by atoms with Crippen molar-refractivity contribution in [2.24, 2.45) is 0 Å². The van der Waals surface area contributed by atoms with Gasteiger partial charge >= 0.3 is 18.2 Å². The molecular weight excluding hydrogens is 736 g/mol. The first-order valence-corrected chi connectivity index (χ1v) is 18.6. The van der Waals surface area contributed by atoms with E-state index in [-0.39, 0.29) is 63.8 Å². The first kappa shape index (κ1) is 48.0. The maximum absolute atomic E-state index is 12.4. The number of carbonyl (C=O) groups is 3. The molecule has 318 valence electrons. The number of likely N-dealkylation sites (tertiary alicyclic amines) is 2. The maximum atomic E-state index is 12.4. The minimum absolute atomic E-state index is 0. The molecule has 0 atom stereocenters. The minimum Gasteiger partial charge on any atom is -0.481 e. The monoisotopic (exact) mass is 800 g/mol.